The second-order valence-corrected chi connectivity index (χ2v) is 3.75. The van der Waals surface area contributed by atoms with Crippen molar-refractivity contribution in [1.82, 2.24) is 9.78 Å². The molecule has 0 radical (unpaired) electrons. The highest BCUT2D eigenvalue weighted by atomic mass is 19.4. The van der Waals surface area contributed by atoms with Gasteiger partial charge in [0.1, 0.15) is 17.6 Å². The van der Waals surface area contributed by atoms with Crippen molar-refractivity contribution in [3.05, 3.63) is 41.2 Å². The van der Waals surface area contributed by atoms with Crippen LogP contribution in [0.25, 0.3) is 5.69 Å². The van der Waals surface area contributed by atoms with Gasteiger partial charge in [-0.1, -0.05) is 0 Å². The van der Waals surface area contributed by atoms with Gasteiger partial charge in [0, 0.05) is 6.07 Å². The first-order valence-corrected chi connectivity index (χ1v) is 5.06. The number of nitrogen functional groups attached to an aromatic ring is 1. The Labute approximate surface area is 108 Å². The summed E-state index contributed by atoms with van der Waals surface area (Å²) in [5.41, 5.74) is 1.56. The van der Waals surface area contributed by atoms with Crippen molar-refractivity contribution in [2.24, 2.45) is 0 Å². The van der Waals surface area contributed by atoms with E-state index in [1.54, 1.807) is 0 Å². The smallest absolute Gasteiger partial charge is 0.396 e. The maximum atomic E-state index is 13.7. The summed E-state index contributed by atoms with van der Waals surface area (Å²) < 4.78 is 65.4. The summed E-state index contributed by atoms with van der Waals surface area (Å²) >= 11 is 0. The van der Waals surface area contributed by atoms with E-state index in [4.69, 9.17) is 11.0 Å². The number of nitrogens with zero attached hydrogens (tertiary/aromatic N) is 3. The van der Waals surface area contributed by atoms with Crippen molar-refractivity contribution in [3.8, 4) is 11.8 Å². The fraction of sp³-hybridized carbons (Fsp3) is 0.0909. The number of aromatic nitrogens is 2. The van der Waals surface area contributed by atoms with Gasteiger partial charge in [-0.05, 0) is 6.07 Å². The van der Waals surface area contributed by atoms with Gasteiger partial charge in [0.2, 0.25) is 0 Å². The van der Waals surface area contributed by atoms with Gasteiger partial charge in [0.15, 0.2) is 11.5 Å². The first-order valence-electron chi connectivity index (χ1n) is 5.06. The van der Waals surface area contributed by atoms with Crippen LogP contribution in [0.1, 0.15) is 11.3 Å². The fourth-order valence-corrected chi connectivity index (χ4v) is 1.68. The van der Waals surface area contributed by atoms with E-state index in [-0.39, 0.29) is 4.68 Å². The SMILES string of the molecule is N#Cc1cc(F)cc(F)c1-n1ncc(N)c1C(F)(F)F. The van der Waals surface area contributed by atoms with E-state index in [1.807, 2.05) is 0 Å². The Morgan fingerprint density at radius 3 is 2.45 bits per heavy atom. The lowest BCUT2D eigenvalue weighted by molar-refractivity contribution is -0.142. The molecule has 4 nitrogen and oxygen atoms in total. The van der Waals surface area contributed by atoms with Gasteiger partial charge in [-0.15, -0.1) is 0 Å². The highest BCUT2D eigenvalue weighted by Crippen LogP contribution is 2.36. The van der Waals surface area contributed by atoms with Gasteiger partial charge in [0.05, 0.1) is 17.4 Å². The second kappa shape index (κ2) is 4.48. The first kappa shape index (κ1) is 13.8. The van der Waals surface area contributed by atoms with E-state index in [1.165, 1.54) is 6.07 Å². The van der Waals surface area contributed by atoms with Crippen LogP contribution < -0.4 is 5.73 Å². The quantitative estimate of drug-likeness (QED) is 0.820. The minimum Gasteiger partial charge on any atom is -0.396 e. The van der Waals surface area contributed by atoms with Crippen LogP contribution >= 0.6 is 0 Å². The normalized spacial score (nSPS) is 11.4. The molecule has 0 unspecified atom stereocenters. The molecular formula is C11H5F5N4. The van der Waals surface area contributed by atoms with E-state index in [0.29, 0.717) is 18.3 Å². The van der Waals surface area contributed by atoms with Crippen molar-refractivity contribution in [1.29, 1.82) is 5.26 Å². The standard InChI is InChI=1S/C11H5F5N4/c12-6-1-5(3-17)9(7(13)2-6)20-10(11(14,15)16)8(18)4-19-20/h1-2,4H,18H2. The van der Waals surface area contributed by atoms with Crippen molar-refractivity contribution in [2.75, 3.05) is 5.73 Å². The number of nitrogens with two attached hydrogens (primary N) is 1. The molecule has 1 aromatic heterocycles. The molecule has 0 bridgehead atoms. The zero-order chi connectivity index (χ0) is 15.1. The van der Waals surface area contributed by atoms with Crippen LogP contribution in [-0.4, -0.2) is 9.78 Å². The number of hydrogen-bond donors (Lipinski definition) is 1. The fourth-order valence-electron chi connectivity index (χ4n) is 1.68. The molecule has 0 amide bonds. The summed E-state index contributed by atoms with van der Waals surface area (Å²) in [5.74, 6) is -2.44. The Balaban J connectivity index is 2.81. The van der Waals surface area contributed by atoms with Gasteiger partial charge in [-0.3, -0.25) is 0 Å². The van der Waals surface area contributed by atoms with E-state index in [0.717, 1.165) is 0 Å². The summed E-state index contributed by atoms with van der Waals surface area (Å²) in [4.78, 5) is 0. The maximum absolute atomic E-state index is 13.7. The molecule has 1 aromatic carbocycles. The minimum atomic E-state index is -4.91. The van der Waals surface area contributed by atoms with Gasteiger partial charge >= 0.3 is 6.18 Å². The van der Waals surface area contributed by atoms with Gasteiger partial charge in [-0.25, -0.2) is 13.5 Å². The van der Waals surface area contributed by atoms with Crippen molar-refractivity contribution >= 4 is 5.69 Å². The van der Waals surface area contributed by atoms with Crippen molar-refractivity contribution in [3.63, 3.8) is 0 Å². The third kappa shape index (κ3) is 2.16. The molecule has 0 aliphatic carbocycles. The monoisotopic (exact) mass is 288 g/mol. The Kier molecular flexibility index (Phi) is 3.09. The maximum Gasteiger partial charge on any atom is 0.435 e. The molecule has 1 heterocycles. The van der Waals surface area contributed by atoms with Crippen LogP contribution in [0.3, 0.4) is 0 Å². The predicted octanol–water partition coefficient (Wildman–Crippen LogP) is 2.62. The Hall–Kier alpha value is -2.63. The second-order valence-electron chi connectivity index (χ2n) is 3.75. The molecule has 0 saturated carbocycles. The van der Waals surface area contributed by atoms with Gasteiger partial charge < -0.3 is 5.73 Å². The third-order valence-electron chi connectivity index (χ3n) is 2.43. The summed E-state index contributed by atoms with van der Waals surface area (Å²) in [5, 5.41) is 12.1. The molecule has 0 atom stereocenters. The van der Waals surface area contributed by atoms with E-state index in [2.05, 4.69) is 5.10 Å². The molecule has 0 aliphatic heterocycles. The average Bonchev–Trinajstić information content (AvgIpc) is 2.69. The summed E-state index contributed by atoms with van der Waals surface area (Å²) in [7, 11) is 0. The molecule has 0 spiro atoms. The molecule has 0 saturated heterocycles. The number of rotatable bonds is 1. The van der Waals surface area contributed by atoms with E-state index in [9.17, 15) is 22.0 Å². The molecule has 104 valence electrons. The van der Waals surface area contributed by atoms with Crippen molar-refractivity contribution in [2.45, 2.75) is 6.18 Å². The lowest BCUT2D eigenvalue weighted by Crippen LogP contribution is -2.17. The zero-order valence-electron chi connectivity index (χ0n) is 9.54. The van der Waals surface area contributed by atoms with Gasteiger partial charge in [0.25, 0.3) is 0 Å². The number of anilines is 1. The summed E-state index contributed by atoms with van der Waals surface area (Å²) in [6.07, 6.45) is -4.24. The molecule has 9 heteroatoms. The highest BCUT2D eigenvalue weighted by molar-refractivity contribution is 5.54. The predicted molar refractivity (Wildman–Crippen MR) is 57.6 cm³/mol. The van der Waals surface area contributed by atoms with Crippen molar-refractivity contribution < 1.29 is 22.0 Å². The Bertz CT molecular complexity index is 711. The average molecular weight is 288 g/mol. The third-order valence-corrected chi connectivity index (χ3v) is 2.43. The molecule has 2 N–H and O–H groups in total. The molecule has 0 aliphatic rings. The molecule has 20 heavy (non-hydrogen) atoms. The number of halogens is 5. The number of hydrogen-bond acceptors (Lipinski definition) is 3. The van der Waals surface area contributed by atoms with E-state index >= 15 is 0 Å². The molecule has 2 rings (SSSR count). The summed E-state index contributed by atoms with van der Waals surface area (Å²) in [6.45, 7) is 0. The van der Waals surface area contributed by atoms with Gasteiger partial charge in [-0.2, -0.15) is 23.5 Å². The zero-order valence-corrected chi connectivity index (χ0v) is 9.54. The topological polar surface area (TPSA) is 67.6 Å². The van der Waals surface area contributed by atoms with Crippen LogP contribution in [-0.2, 0) is 6.18 Å². The molecular weight excluding hydrogens is 283 g/mol. The van der Waals surface area contributed by atoms with Crippen LogP contribution in [0.4, 0.5) is 27.6 Å². The van der Waals surface area contributed by atoms with Crippen LogP contribution in [0.5, 0.6) is 0 Å². The molecule has 0 fully saturated rings. The minimum absolute atomic E-state index is 0.142. The molecule has 2 aromatic rings. The first-order chi connectivity index (χ1) is 9.25. The van der Waals surface area contributed by atoms with Crippen LogP contribution in [0, 0.1) is 23.0 Å². The largest absolute Gasteiger partial charge is 0.435 e. The van der Waals surface area contributed by atoms with Crippen LogP contribution in [0.15, 0.2) is 18.3 Å². The lowest BCUT2D eigenvalue weighted by atomic mass is 10.1. The highest BCUT2D eigenvalue weighted by Gasteiger charge is 2.39. The lowest BCUT2D eigenvalue weighted by Gasteiger charge is -2.13. The van der Waals surface area contributed by atoms with E-state index < -0.39 is 40.4 Å². The Morgan fingerprint density at radius 1 is 1.25 bits per heavy atom. The number of alkyl halides is 3. The number of nitriles is 1. The summed E-state index contributed by atoms with van der Waals surface area (Å²) in [6, 6.07) is 2.38. The number of benzene rings is 1. The van der Waals surface area contributed by atoms with Crippen LogP contribution in [0.2, 0.25) is 0 Å². The Morgan fingerprint density at radius 2 is 1.90 bits per heavy atom.